The Balaban J connectivity index is 2.17. The quantitative estimate of drug-likeness (QED) is 0.581. The summed E-state index contributed by atoms with van der Waals surface area (Å²) in [6.07, 6.45) is 1.33. The second-order valence-corrected chi connectivity index (χ2v) is 7.26. The number of rotatable bonds is 11. The minimum absolute atomic E-state index is 0.160. The largest absolute Gasteiger partial charge is 0.497 e. The summed E-state index contributed by atoms with van der Waals surface area (Å²) in [5.74, 6) is 0.850. The molecule has 30 heavy (non-hydrogen) atoms. The highest BCUT2D eigenvalue weighted by atomic mass is 35.5. The third kappa shape index (κ3) is 6.95. The summed E-state index contributed by atoms with van der Waals surface area (Å²) in [6.45, 7) is 4.58. The number of nitrogens with zero attached hydrogens (tertiary/aromatic N) is 1. The molecular formula is C23H29ClN2O4. The van der Waals surface area contributed by atoms with Crippen molar-refractivity contribution < 1.29 is 19.1 Å². The van der Waals surface area contributed by atoms with Crippen LogP contribution in [0.5, 0.6) is 11.5 Å². The van der Waals surface area contributed by atoms with Crippen molar-refractivity contribution in [1.82, 2.24) is 10.2 Å². The van der Waals surface area contributed by atoms with Crippen molar-refractivity contribution in [3.05, 3.63) is 59.1 Å². The molecule has 7 heteroatoms. The zero-order valence-corrected chi connectivity index (χ0v) is 18.4. The molecule has 0 aliphatic rings. The molecule has 2 aromatic carbocycles. The van der Waals surface area contributed by atoms with E-state index >= 15 is 0 Å². The minimum atomic E-state index is -0.583. The third-order valence-electron chi connectivity index (χ3n) is 4.62. The lowest BCUT2D eigenvalue weighted by Crippen LogP contribution is -2.50. The lowest BCUT2D eigenvalue weighted by Gasteiger charge is -2.30. The van der Waals surface area contributed by atoms with E-state index in [0.29, 0.717) is 30.3 Å². The van der Waals surface area contributed by atoms with E-state index in [-0.39, 0.29) is 18.4 Å². The summed E-state index contributed by atoms with van der Waals surface area (Å²) < 4.78 is 10.8. The maximum absolute atomic E-state index is 13.1. The fraction of sp³-hybridized carbons (Fsp3) is 0.391. The van der Waals surface area contributed by atoms with Gasteiger partial charge in [0.2, 0.25) is 5.91 Å². The Morgan fingerprint density at radius 3 is 2.23 bits per heavy atom. The highest BCUT2D eigenvalue weighted by Crippen LogP contribution is 2.18. The molecule has 0 spiro atoms. The Kier molecular flexibility index (Phi) is 9.48. The van der Waals surface area contributed by atoms with Gasteiger partial charge in [0.15, 0.2) is 6.61 Å². The lowest BCUT2D eigenvalue weighted by atomic mass is 10.1. The fourth-order valence-electron chi connectivity index (χ4n) is 2.97. The predicted octanol–water partition coefficient (Wildman–Crippen LogP) is 4.06. The molecule has 0 radical (unpaired) electrons. The van der Waals surface area contributed by atoms with Gasteiger partial charge < -0.3 is 19.7 Å². The van der Waals surface area contributed by atoms with Crippen LogP contribution in [-0.4, -0.2) is 43.0 Å². The molecule has 2 amide bonds. The van der Waals surface area contributed by atoms with Crippen LogP contribution in [0.15, 0.2) is 48.5 Å². The van der Waals surface area contributed by atoms with Gasteiger partial charge >= 0.3 is 0 Å². The van der Waals surface area contributed by atoms with Gasteiger partial charge in [-0.25, -0.2) is 0 Å². The summed E-state index contributed by atoms with van der Waals surface area (Å²) in [5, 5.41) is 3.49. The molecule has 6 nitrogen and oxygen atoms in total. The van der Waals surface area contributed by atoms with Gasteiger partial charge in [-0.1, -0.05) is 37.6 Å². The summed E-state index contributed by atoms with van der Waals surface area (Å²) in [7, 11) is 1.60. The number of carbonyl (C=O) groups excluding carboxylic acids is 2. The van der Waals surface area contributed by atoms with Crippen LogP contribution in [0.2, 0.25) is 5.02 Å². The first-order chi connectivity index (χ1) is 14.5. The molecule has 0 aromatic heterocycles. The van der Waals surface area contributed by atoms with Crippen LogP contribution < -0.4 is 14.8 Å². The van der Waals surface area contributed by atoms with Crippen molar-refractivity contribution in [3.63, 3.8) is 0 Å². The van der Waals surface area contributed by atoms with Crippen LogP contribution in [0.3, 0.4) is 0 Å². The molecular weight excluding hydrogens is 404 g/mol. The molecule has 0 saturated carbocycles. The lowest BCUT2D eigenvalue weighted by molar-refractivity contribution is -0.143. The van der Waals surface area contributed by atoms with Crippen LogP contribution in [0.4, 0.5) is 0 Å². The SMILES string of the molecule is CCCNC(=O)[C@H](CC)N(Cc1ccc(OC)cc1)C(=O)COc1ccc(Cl)cc1. The molecule has 0 fully saturated rings. The molecule has 0 heterocycles. The standard InChI is InChI=1S/C23H29ClN2O4/c1-4-14-25-23(28)21(5-2)26(15-17-6-10-19(29-3)11-7-17)22(27)16-30-20-12-8-18(24)9-13-20/h6-13,21H,4-5,14-16H2,1-3H3,(H,25,28)/t21-/m0/s1. The van der Waals surface area contributed by atoms with Crippen molar-refractivity contribution >= 4 is 23.4 Å². The van der Waals surface area contributed by atoms with Gasteiger partial charge in [0.05, 0.1) is 7.11 Å². The van der Waals surface area contributed by atoms with Crippen molar-refractivity contribution in [2.75, 3.05) is 20.3 Å². The number of amides is 2. The number of ether oxygens (including phenoxy) is 2. The van der Waals surface area contributed by atoms with E-state index in [4.69, 9.17) is 21.1 Å². The van der Waals surface area contributed by atoms with Gasteiger partial charge in [-0.15, -0.1) is 0 Å². The molecule has 0 saturated heterocycles. The Bertz CT molecular complexity index is 809. The van der Waals surface area contributed by atoms with Crippen LogP contribution in [0, 0.1) is 0 Å². The van der Waals surface area contributed by atoms with Crippen molar-refractivity contribution in [2.45, 2.75) is 39.3 Å². The van der Waals surface area contributed by atoms with E-state index in [1.807, 2.05) is 38.1 Å². The third-order valence-corrected chi connectivity index (χ3v) is 4.88. The normalized spacial score (nSPS) is 11.5. The van der Waals surface area contributed by atoms with Crippen LogP contribution in [0.25, 0.3) is 0 Å². The van der Waals surface area contributed by atoms with E-state index in [1.54, 1.807) is 36.3 Å². The van der Waals surface area contributed by atoms with Crippen LogP contribution >= 0.6 is 11.6 Å². The van der Waals surface area contributed by atoms with E-state index in [1.165, 1.54) is 0 Å². The molecule has 1 atom stereocenters. The van der Waals surface area contributed by atoms with E-state index in [0.717, 1.165) is 17.7 Å². The van der Waals surface area contributed by atoms with E-state index in [2.05, 4.69) is 5.32 Å². The van der Waals surface area contributed by atoms with Gasteiger partial charge in [-0.3, -0.25) is 9.59 Å². The highest BCUT2D eigenvalue weighted by molar-refractivity contribution is 6.30. The van der Waals surface area contributed by atoms with Gasteiger partial charge in [-0.05, 0) is 54.8 Å². The van der Waals surface area contributed by atoms with Gasteiger partial charge in [0, 0.05) is 18.1 Å². The maximum Gasteiger partial charge on any atom is 0.261 e. The summed E-state index contributed by atoms with van der Waals surface area (Å²) in [6, 6.07) is 13.7. The molecule has 0 bridgehead atoms. The molecule has 1 N–H and O–H groups in total. The van der Waals surface area contributed by atoms with E-state index in [9.17, 15) is 9.59 Å². The minimum Gasteiger partial charge on any atom is -0.497 e. The van der Waals surface area contributed by atoms with Crippen molar-refractivity contribution in [2.24, 2.45) is 0 Å². The number of nitrogens with one attached hydrogen (secondary N) is 1. The Labute approximate surface area is 183 Å². The zero-order valence-electron chi connectivity index (χ0n) is 17.7. The van der Waals surface area contributed by atoms with Gasteiger partial charge in [-0.2, -0.15) is 0 Å². The summed E-state index contributed by atoms with van der Waals surface area (Å²) in [4.78, 5) is 27.3. The highest BCUT2D eigenvalue weighted by Gasteiger charge is 2.28. The summed E-state index contributed by atoms with van der Waals surface area (Å²) in [5.41, 5.74) is 0.900. The number of methoxy groups -OCH3 is 1. The smallest absolute Gasteiger partial charge is 0.261 e. The number of hydrogen-bond acceptors (Lipinski definition) is 4. The Morgan fingerprint density at radius 2 is 1.67 bits per heavy atom. The monoisotopic (exact) mass is 432 g/mol. The van der Waals surface area contributed by atoms with E-state index < -0.39 is 6.04 Å². The average Bonchev–Trinajstić information content (AvgIpc) is 2.77. The van der Waals surface area contributed by atoms with Gasteiger partial charge in [0.25, 0.3) is 5.91 Å². The molecule has 2 aromatic rings. The molecule has 2 rings (SSSR count). The number of benzene rings is 2. The molecule has 0 aliphatic carbocycles. The van der Waals surface area contributed by atoms with Crippen molar-refractivity contribution in [3.8, 4) is 11.5 Å². The topological polar surface area (TPSA) is 67.9 Å². The number of halogens is 1. The molecule has 0 unspecified atom stereocenters. The second kappa shape index (κ2) is 12.1. The fourth-order valence-corrected chi connectivity index (χ4v) is 3.10. The Hall–Kier alpha value is -2.73. The summed E-state index contributed by atoms with van der Waals surface area (Å²) >= 11 is 5.89. The van der Waals surface area contributed by atoms with Crippen LogP contribution in [-0.2, 0) is 16.1 Å². The van der Waals surface area contributed by atoms with Crippen LogP contribution in [0.1, 0.15) is 32.3 Å². The molecule has 162 valence electrons. The first kappa shape index (κ1) is 23.5. The molecule has 0 aliphatic heterocycles. The maximum atomic E-state index is 13.1. The zero-order chi connectivity index (χ0) is 21.9. The van der Waals surface area contributed by atoms with Crippen molar-refractivity contribution in [1.29, 1.82) is 0 Å². The number of carbonyl (C=O) groups is 2. The first-order valence-electron chi connectivity index (χ1n) is 10.1. The predicted molar refractivity (Wildman–Crippen MR) is 118 cm³/mol. The average molecular weight is 433 g/mol. The first-order valence-corrected chi connectivity index (χ1v) is 10.4. The number of hydrogen-bond donors (Lipinski definition) is 1. The second-order valence-electron chi connectivity index (χ2n) is 6.83. The van der Waals surface area contributed by atoms with Gasteiger partial charge in [0.1, 0.15) is 17.5 Å². The Morgan fingerprint density at radius 1 is 1.03 bits per heavy atom.